The van der Waals surface area contributed by atoms with Crippen LogP contribution in [0, 0.1) is 17.2 Å². The molecule has 1 heterocycles. The van der Waals surface area contributed by atoms with E-state index in [2.05, 4.69) is 5.32 Å². The largest absolute Gasteiger partial charge is 0.460 e. The molecule has 0 saturated heterocycles. The number of carbonyl (C=O) groups is 2. The average Bonchev–Trinajstić information content (AvgIpc) is 3.21. The number of para-hydroxylation sites is 1. The van der Waals surface area contributed by atoms with Gasteiger partial charge in [0.2, 0.25) is 5.91 Å². The molecular formula is C17H16N2O3. The van der Waals surface area contributed by atoms with Crippen LogP contribution < -0.4 is 5.32 Å². The van der Waals surface area contributed by atoms with E-state index >= 15 is 0 Å². The number of furan rings is 1. The number of ketones is 1. The van der Waals surface area contributed by atoms with Crippen LogP contribution in [0.1, 0.15) is 31.4 Å². The second kappa shape index (κ2) is 5.64. The van der Waals surface area contributed by atoms with E-state index < -0.39 is 23.5 Å². The van der Waals surface area contributed by atoms with Gasteiger partial charge in [-0.05, 0) is 31.9 Å². The van der Waals surface area contributed by atoms with Crippen molar-refractivity contribution in [3.05, 3.63) is 36.1 Å². The van der Waals surface area contributed by atoms with Crippen LogP contribution in [0.3, 0.4) is 0 Å². The Balaban J connectivity index is 1.79. The lowest BCUT2D eigenvalue weighted by atomic mass is 9.92. The van der Waals surface area contributed by atoms with Gasteiger partial charge < -0.3 is 9.73 Å². The van der Waals surface area contributed by atoms with Crippen molar-refractivity contribution < 1.29 is 14.0 Å². The highest BCUT2D eigenvalue weighted by Gasteiger charge is 2.35. The van der Waals surface area contributed by atoms with Gasteiger partial charge in [0.1, 0.15) is 11.3 Å². The summed E-state index contributed by atoms with van der Waals surface area (Å²) in [6.45, 7) is 1.66. The first-order chi connectivity index (χ1) is 10.6. The molecule has 5 nitrogen and oxygen atoms in total. The molecule has 1 N–H and O–H groups in total. The van der Waals surface area contributed by atoms with Crippen molar-refractivity contribution in [2.24, 2.45) is 5.92 Å². The summed E-state index contributed by atoms with van der Waals surface area (Å²) in [5.74, 6) is -2.38. The van der Waals surface area contributed by atoms with Gasteiger partial charge in [0, 0.05) is 11.4 Å². The van der Waals surface area contributed by atoms with E-state index in [1.807, 2.05) is 30.3 Å². The number of hydrogen-bond donors (Lipinski definition) is 1. The zero-order chi connectivity index (χ0) is 15.7. The van der Waals surface area contributed by atoms with Gasteiger partial charge in [0.25, 0.3) is 0 Å². The molecule has 1 aliphatic rings. The fourth-order valence-electron chi connectivity index (χ4n) is 2.37. The minimum atomic E-state index is -1.29. The van der Waals surface area contributed by atoms with Crippen LogP contribution in [0.5, 0.6) is 0 Å². The Kier molecular flexibility index (Phi) is 3.68. The van der Waals surface area contributed by atoms with Gasteiger partial charge in [-0.25, -0.2) is 0 Å². The molecule has 22 heavy (non-hydrogen) atoms. The van der Waals surface area contributed by atoms with Gasteiger partial charge in [-0.3, -0.25) is 9.59 Å². The van der Waals surface area contributed by atoms with Gasteiger partial charge in [-0.15, -0.1) is 0 Å². The smallest absolute Gasteiger partial charge is 0.245 e. The van der Waals surface area contributed by atoms with Crippen molar-refractivity contribution in [3.8, 4) is 6.07 Å². The molecule has 0 unspecified atom stereocenters. The SMILES string of the molecule is C[C@@H](C(=O)[C@@H](C#N)C(=O)NC1CC1)c1cc2ccccc2o1. The summed E-state index contributed by atoms with van der Waals surface area (Å²) < 4.78 is 5.66. The second-order valence-corrected chi connectivity index (χ2v) is 5.66. The number of amides is 1. The number of Topliss-reactive ketones (excluding diaryl/α,β-unsaturated/α-hetero) is 1. The number of benzene rings is 1. The number of carbonyl (C=O) groups excluding carboxylic acids is 2. The van der Waals surface area contributed by atoms with Crippen molar-refractivity contribution in [1.29, 1.82) is 5.26 Å². The second-order valence-electron chi connectivity index (χ2n) is 5.66. The highest BCUT2D eigenvalue weighted by atomic mass is 16.3. The Bertz CT molecular complexity index is 735. The van der Waals surface area contributed by atoms with E-state index in [1.54, 1.807) is 13.0 Å². The number of nitriles is 1. The summed E-state index contributed by atoms with van der Waals surface area (Å²) in [5, 5.41) is 12.8. The third-order valence-electron chi connectivity index (χ3n) is 3.90. The van der Waals surface area contributed by atoms with Crippen LogP contribution in [-0.4, -0.2) is 17.7 Å². The fraction of sp³-hybridized carbons (Fsp3) is 0.353. The van der Waals surface area contributed by atoms with E-state index in [0.717, 1.165) is 18.2 Å². The molecule has 1 aromatic heterocycles. The number of nitrogens with zero attached hydrogens (tertiary/aromatic N) is 1. The van der Waals surface area contributed by atoms with E-state index in [0.29, 0.717) is 11.3 Å². The molecule has 1 aliphatic carbocycles. The molecule has 0 bridgehead atoms. The molecule has 0 radical (unpaired) electrons. The minimum absolute atomic E-state index is 0.123. The Hall–Kier alpha value is -2.61. The van der Waals surface area contributed by atoms with Gasteiger partial charge in [0.05, 0.1) is 12.0 Å². The molecule has 5 heteroatoms. The lowest BCUT2D eigenvalue weighted by Gasteiger charge is -2.12. The highest BCUT2D eigenvalue weighted by Crippen LogP contribution is 2.27. The molecular weight excluding hydrogens is 280 g/mol. The Morgan fingerprint density at radius 1 is 1.36 bits per heavy atom. The van der Waals surface area contributed by atoms with Crippen molar-refractivity contribution in [3.63, 3.8) is 0 Å². The van der Waals surface area contributed by atoms with E-state index in [1.165, 1.54) is 0 Å². The molecule has 0 spiro atoms. The summed E-state index contributed by atoms with van der Waals surface area (Å²) in [4.78, 5) is 24.4. The van der Waals surface area contributed by atoms with Crippen molar-refractivity contribution in [1.82, 2.24) is 5.32 Å². The number of nitrogens with one attached hydrogen (secondary N) is 1. The van der Waals surface area contributed by atoms with Gasteiger partial charge in [0.15, 0.2) is 11.7 Å². The van der Waals surface area contributed by atoms with Gasteiger partial charge in [-0.1, -0.05) is 18.2 Å². The van der Waals surface area contributed by atoms with Crippen LogP contribution in [0.4, 0.5) is 0 Å². The van der Waals surface area contributed by atoms with Crippen LogP contribution >= 0.6 is 0 Å². The first kappa shape index (κ1) is 14.3. The lowest BCUT2D eigenvalue weighted by molar-refractivity contribution is -0.132. The highest BCUT2D eigenvalue weighted by molar-refractivity contribution is 6.06. The fourth-order valence-corrected chi connectivity index (χ4v) is 2.37. The van der Waals surface area contributed by atoms with Crippen LogP contribution in [-0.2, 0) is 9.59 Å². The number of hydrogen-bond acceptors (Lipinski definition) is 4. The molecule has 1 saturated carbocycles. The predicted octanol–water partition coefficient (Wildman–Crippen LogP) is 2.52. The Morgan fingerprint density at radius 3 is 2.73 bits per heavy atom. The number of rotatable bonds is 5. The molecule has 0 aliphatic heterocycles. The van der Waals surface area contributed by atoms with E-state index in [9.17, 15) is 14.9 Å². The maximum atomic E-state index is 12.5. The number of fused-ring (bicyclic) bond motifs is 1. The lowest BCUT2D eigenvalue weighted by Crippen LogP contribution is -2.37. The van der Waals surface area contributed by atoms with Crippen molar-refractivity contribution in [2.75, 3.05) is 0 Å². The van der Waals surface area contributed by atoms with Gasteiger partial charge >= 0.3 is 0 Å². The summed E-state index contributed by atoms with van der Waals surface area (Å²) in [5.41, 5.74) is 0.688. The Labute approximate surface area is 127 Å². The third kappa shape index (κ3) is 2.73. The maximum absolute atomic E-state index is 12.5. The first-order valence-electron chi connectivity index (χ1n) is 7.32. The maximum Gasteiger partial charge on any atom is 0.245 e. The standard InChI is InChI=1S/C17H16N2O3/c1-10(15-8-11-4-2-3-5-14(11)22-15)16(20)13(9-18)17(21)19-12-6-7-12/h2-5,8,10,12-13H,6-7H2,1H3,(H,19,21)/t10-,13-/m1/s1. The minimum Gasteiger partial charge on any atom is -0.460 e. The van der Waals surface area contributed by atoms with Crippen LogP contribution in [0.2, 0.25) is 0 Å². The van der Waals surface area contributed by atoms with Crippen molar-refractivity contribution in [2.45, 2.75) is 31.7 Å². The van der Waals surface area contributed by atoms with E-state index in [-0.39, 0.29) is 6.04 Å². The molecule has 2 atom stereocenters. The summed E-state index contributed by atoms with van der Waals surface area (Å²) in [6.07, 6.45) is 1.83. The van der Waals surface area contributed by atoms with Crippen LogP contribution in [0.15, 0.2) is 34.7 Å². The summed E-state index contributed by atoms with van der Waals surface area (Å²) >= 11 is 0. The molecule has 112 valence electrons. The third-order valence-corrected chi connectivity index (χ3v) is 3.90. The predicted molar refractivity (Wildman–Crippen MR) is 79.9 cm³/mol. The van der Waals surface area contributed by atoms with Gasteiger partial charge in [-0.2, -0.15) is 5.26 Å². The quantitative estimate of drug-likeness (QED) is 0.859. The molecule has 3 rings (SSSR count). The topological polar surface area (TPSA) is 83.1 Å². The average molecular weight is 296 g/mol. The van der Waals surface area contributed by atoms with Crippen LogP contribution in [0.25, 0.3) is 11.0 Å². The summed E-state index contributed by atoms with van der Waals surface area (Å²) in [7, 11) is 0. The summed E-state index contributed by atoms with van der Waals surface area (Å²) in [6, 6.07) is 11.2. The van der Waals surface area contributed by atoms with Crippen molar-refractivity contribution >= 4 is 22.7 Å². The molecule has 1 amide bonds. The molecule has 1 fully saturated rings. The zero-order valence-corrected chi connectivity index (χ0v) is 12.2. The Morgan fingerprint density at radius 2 is 2.09 bits per heavy atom. The first-order valence-corrected chi connectivity index (χ1v) is 7.32. The normalized spacial score (nSPS) is 16.7. The van der Waals surface area contributed by atoms with E-state index in [4.69, 9.17) is 4.42 Å². The zero-order valence-electron chi connectivity index (χ0n) is 12.2. The monoisotopic (exact) mass is 296 g/mol. The molecule has 1 aromatic carbocycles. The molecule has 2 aromatic rings.